The summed E-state index contributed by atoms with van der Waals surface area (Å²) in [6.45, 7) is 0.996. The van der Waals surface area contributed by atoms with Crippen molar-refractivity contribution in [3.8, 4) is 6.07 Å². The predicted molar refractivity (Wildman–Crippen MR) is 100 cm³/mol. The SMILES string of the molecule is CN(CC(=O)Nc1sc2c(c1C#N)CCC2)Cc1ccc(Br)cc1. The molecule has 2 aromatic rings. The second-order valence-electron chi connectivity index (χ2n) is 6.02. The summed E-state index contributed by atoms with van der Waals surface area (Å²) in [5, 5.41) is 13.0. The summed E-state index contributed by atoms with van der Waals surface area (Å²) in [6, 6.07) is 10.3. The first-order valence-electron chi connectivity index (χ1n) is 7.84. The van der Waals surface area contributed by atoms with E-state index in [0.717, 1.165) is 34.9 Å². The van der Waals surface area contributed by atoms with Crippen molar-refractivity contribution in [2.75, 3.05) is 18.9 Å². The lowest BCUT2D eigenvalue weighted by molar-refractivity contribution is -0.117. The van der Waals surface area contributed by atoms with E-state index in [2.05, 4.69) is 27.3 Å². The smallest absolute Gasteiger partial charge is 0.239 e. The Labute approximate surface area is 154 Å². The molecule has 4 nitrogen and oxygen atoms in total. The number of halogens is 1. The fourth-order valence-corrected chi connectivity index (χ4v) is 4.50. The number of benzene rings is 1. The molecule has 0 atom stereocenters. The van der Waals surface area contributed by atoms with Gasteiger partial charge < -0.3 is 5.32 Å². The summed E-state index contributed by atoms with van der Waals surface area (Å²) in [4.78, 5) is 15.5. The van der Waals surface area contributed by atoms with Crippen LogP contribution in [0.15, 0.2) is 28.7 Å². The van der Waals surface area contributed by atoms with Crippen LogP contribution in [0.2, 0.25) is 0 Å². The van der Waals surface area contributed by atoms with Gasteiger partial charge in [0, 0.05) is 15.9 Å². The Morgan fingerprint density at radius 3 is 2.83 bits per heavy atom. The third-order valence-corrected chi connectivity index (χ3v) is 5.80. The molecule has 1 aromatic heterocycles. The highest BCUT2D eigenvalue weighted by atomic mass is 79.9. The molecule has 1 aromatic carbocycles. The van der Waals surface area contributed by atoms with Crippen LogP contribution in [0.1, 0.15) is 28.0 Å². The average molecular weight is 404 g/mol. The van der Waals surface area contributed by atoms with Gasteiger partial charge in [0.25, 0.3) is 0 Å². The number of thiophene rings is 1. The average Bonchev–Trinajstić information content (AvgIpc) is 3.09. The monoisotopic (exact) mass is 403 g/mol. The number of likely N-dealkylation sites (N-methyl/N-ethyl adjacent to an activating group) is 1. The lowest BCUT2D eigenvalue weighted by atomic mass is 10.1. The second-order valence-corrected chi connectivity index (χ2v) is 8.04. The Morgan fingerprint density at radius 1 is 1.38 bits per heavy atom. The van der Waals surface area contributed by atoms with E-state index in [1.807, 2.05) is 36.2 Å². The van der Waals surface area contributed by atoms with Crippen molar-refractivity contribution in [3.63, 3.8) is 0 Å². The highest BCUT2D eigenvalue weighted by Crippen LogP contribution is 2.38. The van der Waals surface area contributed by atoms with E-state index in [9.17, 15) is 10.1 Å². The van der Waals surface area contributed by atoms with E-state index in [-0.39, 0.29) is 5.91 Å². The summed E-state index contributed by atoms with van der Waals surface area (Å²) in [6.07, 6.45) is 3.09. The van der Waals surface area contributed by atoms with Crippen LogP contribution >= 0.6 is 27.3 Å². The minimum atomic E-state index is -0.0777. The largest absolute Gasteiger partial charge is 0.315 e. The van der Waals surface area contributed by atoms with Gasteiger partial charge >= 0.3 is 0 Å². The lowest BCUT2D eigenvalue weighted by Gasteiger charge is -2.16. The Hall–Kier alpha value is -1.68. The van der Waals surface area contributed by atoms with Gasteiger partial charge in [-0.2, -0.15) is 5.26 Å². The molecule has 1 heterocycles. The van der Waals surface area contributed by atoms with Crippen LogP contribution in [0.3, 0.4) is 0 Å². The van der Waals surface area contributed by atoms with Crippen LogP contribution in [0.25, 0.3) is 0 Å². The fourth-order valence-electron chi connectivity index (χ4n) is 2.98. The first kappa shape index (κ1) is 17.2. The fraction of sp³-hybridized carbons (Fsp3) is 0.333. The zero-order chi connectivity index (χ0) is 17.1. The quantitative estimate of drug-likeness (QED) is 0.822. The number of fused-ring (bicyclic) bond motifs is 1. The molecule has 1 aliphatic rings. The molecular weight excluding hydrogens is 386 g/mol. The zero-order valence-corrected chi connectivity index (χ0v) is 15.8. The van der Waals surface area contributed by atoms with E-state index >= 15 is 0 Å². The molecule has 0 saturated carbocycles. The maximum absolute atomic E-state index is 12.3. The van der Waals surface area contributed by atoms with Gasteiger partial charge in [0.2, 0.25) is 5.91 Å². The number of carbonyl (C=O) groups excluding carboxylic acids is 1. The number of amides is 1. The van der Waals surface area contributed by atoms with Gasteiger partial charge in [0.1, 0.15) is 11.1 Å². The summed E-state index contributed by atoms with van der Waals surface area (Å²) in [5.41, 5.74) is 2.96. The molecule has 1 N–H and O–H groups in total. The van der Waals surface area contributed by atoms with Crippen molar-refractivity contribution in [1.29, 1.82) is 5.26 Å². The van der Waals surface area contributed by atoms with Crippen LogP contribution < -0.4 is 5.32 Å². The number of anilines is 1. The summed E-state index contributed by atoms with van der Waals surface area (Å²) in [7, 11) is 1.92. The van der Waals surface area contributed by atoms with Crippen LogP contribution in [0, 0.1) is 11.3 Å². The number of nitriles is 1. The second kappa shape index (κ2) is 7.47. The van der Waals surface area contributed by atoms with Crippen molar-refractivity contribution >= 4 is 38.2 Å². The van der Waals surface area contributed by atoms with Gasteiger partial charge in [-0.1, -0.05) is 28.1 Å². The van der Waals surface area contributed by atoms with E-state index in [1.54, 1.807) is 11.3 Å². The van der Waals surface area contributed by atoms with Gasteiger partial charge in [-0.25, -0.2) is 0 Å². The molecule has 3 rings (SSSR count). The maximum atomic E-state index is 12.3. The molecule has 124 valence electrons. The van der Waals surface area contributed by atoms with Crippen molar-refractivity contribution in [3.05, 3.63) is 50.3 Å². The first-order chi connectivity index (χ1) is 11.6. The number of nitrogens with zero attached hydrogens (tertiary/aromatic N) is 2. The van der Waals surface area contributed by atoms with E-state index < -0.39 is 0 Å². The van der Waals surface area contributed by atoms with Gasteiger partial charge in [-0.05, 0) is 49.6 Å². The van der Waals surface area contributed by atoms with Crippen molar-refractivity contribution in [2.45, 2.75) is 25.8 Å². The number of nitrogens with one attached hydrogen (secondary N) is 1. The summed E-state index contributed by atoms with van der Waals surface area (Å²) >= 11 is 4.97. The minimum absolute atomic E-state index is 0.0777. The van der Waals surface area contributed by atoms with Gasteiger partial charge in [-0.3, -0.25) is 9.69 Å². The topological polar surface area (TPSA) is 56.1 Å². The molecule has 0 radical (unpaired) electrons. The molecule has 0 fully saturated rings. The van der Waals surface area contributed by atoms with Gasteiger partial charge in [-0.15, -0.1) is 11.3 Å². The number of aryl methyl sites for hydroxylation is 1. The van der Waals surface area contributed by atoms with Gasteiger partial charge in [0.15, 0.2) is 0 Å². The Bertz CT molecular complexity index is 792. The molecule has 6 heteroatoms. The molecule has 0 aliphatic heterocycles. The molecule has 1 aliphatic carbocycles. The van der Waals surface area contributed by atoms with Crippen molar-refractivity contribution in [1.82, 2.24) is 4.90 Å². The predicted octanol–water partition coefficient (Wildman–Crippen LogP) is 3.94. The van der Waals surface area contributed by atoms with E-state index in [0.29, 0.717) is 23.7 Å². The molecule has 0 saturated heterocycles. The number of rotatable bonds is 5. The Morgan fingerprint density at radius 2 is 2.12 bits per heavy atom. The Balaban J connectivity index is 1.60. The van der Waals surface area contributed by atoms with Crippen molar-refractivity contribution in [2.24, 2.45) is 0 Å². The van der Waals surface area contributed by atoms with Crippen LogP contribution in [-0.4, -0.2) is 24.4 Å². The van der Waals surface area contributed by atoms with Crippen LogP contribution in [0.4, 0.5) is 5.00 Å². The lowest BCUT2D eigenvalue weighted by Crippen LogP contribution is -2.29. The Kier molecular flexibility index (Phi) is 5.34. The van der Waals surface area contributed by atoms with E-state index in [1.165, 1.54) is 4.88 Å². The number of hydrogen-bond donors (Lipinski definition) is 1. The number of hydrogen-bond acceptors (Lipinski definition) is 4. The highest BCUT2D eigenvalue weighted by molar-refractivity contribution is 9.10. The standard InChI is InChI=1S/C18H18BrN3OS/c1-22(10-12-5-7-13(19)8-6-12)11-17(23)21-18-15(9-20)14-3-2-4-16(14)24-18/h5-8H,2-4,10-11H2,1H3,(H,21,23). The molecule has 0 spiro atoms. The maximum Gasteiger partial charge on any atom is 0.239 e. The number of carbonyl (C=O) groups is 1. The highest BCUT2D eigenvalue weighted by Gasteiger charge is 2.23. The molecule has 24 heavy (non-hydrogen) atoms. The minimum Gasteiger partial charge on any atom is -0.315 e. The van der Waals surface area contributed by atoms with Crippen LogP contribution in [-0.2, 0) is 24.2 Å². The molecule has 0 unspecified atom stereocenters. The normalized spacial score (nSPS) is 12.9. The first-order valence-corrected chi connectivity index (χ1v) is 9.45. The molecule has 1 amide bonds. The third-order valence-electron chi connectivity index (χ3n) is 4.07. The summed E-state index contributed by atoms with van der Waals surface area (Å²) in [5.74, 6) is -0.0777. The third kappa shape index (κ3) is 3.86. The van der Waals surface area contributed by atoms with Crippen LogP contribution in [0.5, 0.6) is 0 Å². The molecule has 0 bridgehead atoms. The van der Waals surface area contributed by atoms with Gasteiger partial charge in [0.05, 0.1) is 12.1 Å². The van der Waals surface area contributed by atoms with Crippen molar-refractivity contribution < 1.29 is 4.79 Å². The molecular formula is C18H18BrN3OS. The summed E-state index contributed by atoms with van der Waals surface area (Å²) < 4.78 is 1.04. The zero-order valence-electron chi connectivity index (χ0n) is 13.4. The van der Waals surface area contributed by atoms with E-state index in [4.69, 9.17) is 0 Å².